The molecule has 1 fully saturated rings. The third kappa shape index (κ3) is 2.06. The Balaban J connectivity index is 1.60. The zero-order valence-corrected chi connectivity index (χ0v) is 10.1. The summed E-state index contributed by atoms with van der Waals surface area (Å²) < 4.78 is 5.66. The van der Waals surface area contributed by atoms with Crippen molar-refractivity contribution in [2.75, 3.05) is 24.7 Å². The van der Waals surface area contributed by atoms with Gasteiger partial charge < -0.3 is 10.1 Å². The van der Waals surface area contributed by atoms with Crippen molar-refractivity contribution in [3.8, 4) is 5.75 Å². The van der Waals surface area contributed by atoms with E-state index in [-0.39, 0.29) is 0 Å². The molecule has 0 radical (unpaired) electrons. The van der Waals surface area contributed by atoms with Crippen molar-refractivity contribution in [3.05, 3.63) is 29.8 Å². The second-order valence-electron chi connectivity index (χ2n) is 4.54. The summed E-state index contributed by atoms with van der Waals surface area (Å²) in [5, 5.41) is 3.64. The Morgan fingerprint density at radius 2 is 2.31 bits per heavy atom. The molecule has 2 unspecified atom stereocenters. The van der Waals surface area contributed by atoms with E-state index in [2.05, 4.69) is 35.3 Å². The van der Waals surface area contributed by atoms with Gasteiger partial charge in [-0.1, -0.05) is 18.2 Å². The lowest BCUT2D eigenvalue weighted by molar-refractivity contribution is 0.305. The van der Waals surface area contributed by atoms with Crippen LogP contribution < -0.4 is 10.1 Å². The predicted octanol–water partition coefficient (Wildman–Crippen LogP) is 2.46. The van der Waals surface area contributed by atoms with Gasteiger partial charge in [-0.2, -0.15) is 11.8 Å². The molecule has 0 saturated carbocycles. The lowest BCUT2D eigenvalue weighted by Crippen LogP contribution is -2.28. The lowest BCUT2D eigenvalue weighted by Gasteiger charge is -2.14. The first-order chi connectivity index (χ1) is 7.93. The molecule has 0 aromatic heterocycles. The molecule has 2 heterocycles. The topological polar surface area (TPSA) is 21.3 Å². The van der Waals surface area contributed by atoms with Crippen LogP contribution in [0.4, 0.5) is 0 Å². The first kappa shape index (κ1) is 10.5. The first-order valence-corrected chi connectivity index (χ1v) is 7.12. The van der Waals surface area contributed by atoms with Crippen LogP contribution in [0.1, 0.15) is 18.0 Å². The molecule has 2 atom stereocenters. The van der Waals surface area contributed by atoms with E-state index in [1.165, 1.54) is 23.5 Å². The Labute approximate surface area is 101 Å². The van der Waals surface area contributed by atoms with Gasteiger partial charge in [0.05, 0.1) is 6.04 Å². The van der Waals surface area contributed by atoms with Crippen molar-refractivity contribution in [3.63, 3.8) is 0 Å². The normalized spacial score (nSPS) is 27.8. The number of rotatable bonds is 3. The highest BCUT2D eigenvalue weighted by Gasteiger charge is 2.24. The molecule has 2 aliphatic heterocycles. The standard InChI is InChI=1S/C13H17NOS/c1-2-4-13-11(3-1)12(8-15-13)14-7-10-5-6-16-9-10/h1-4,10,12,14H,5-9H2. The Hall–Kier alpha value is -0.670. The smallest absolute Gasteiger partial charge is 0.124 e. The summed E-state index contributed by atoms with van der Waals surface area (Å²) in [6.45, 7) is 1.93. The molecule has 1 saturated heterocycles. The maximum absolute atomic E-state index is 5.66. The van der Waals surface area contributed by atoms with E-state index in [9.17, 15) is 0 Å². The van der Waals surface area contributed by atoms with E-state index in [0.29, 0.717) is 6.04 Å². The van der Waals surface area contributed by atoms with Crippen LogP contribution in [0.3, 0.4) is 0 Å². The van der Waals surface area contributed by atoms with Crippen molar-refractivity contribution in [1.82, 2.24) is 5.32 Å². The van der Waals surface area contributed by atoms with E-state index in [1.54, 1.807) is 0 Å². The molecule has 2 nitrogen and oxygen atoms in total. The Morgan fingerprint density at radius 1 is 1.38 bits per heavy atom. The van der Waals surface area contributed by atoms with Crippen molar-refractivity contribution < 1.29 is 4.74 Å². The predicted molar refractivity (Wildman–Crippen MR) is 68.1 cm³/mol. The number of benzene rings is 1. The summed E-state index contributed by atoms with van der Waals surface area (Å²) >= 11 is 2.08. The van der Waals surface area contributed by atoms with Gasteiger partial charge in [0.25, 0.3) is 0 Å². The van der Waals surface area contributed by atoms with Gasteiger partial charge in [0.1, 0.15) is 12.4 Å². The summed E-state index contributed by atoms with van der Waals surface area (Å²) in [6, 6.07) is 8.76. The molecule has 0 amide bonds. The zero-order valence-electron chi connectivity index (χ0n) is 9.32. The van der Waals surface area contributed by atoms with Crippen molar-refractivity contribution in [2.24, 2.45) is 5.92 Å². The molecule has 2 aliphatic rings. The van der Waals surface area contributed by atoms with Crippen LogP contribution in [0.5, 0.6) is 5.75 Å². The maximum atomic E-state index is 5.66. The van der Waals surface area contributed by atoms with Crippen LogP contribution in [0.25, 0.3) is 0 Å². The van der Waals surface area contributed by atoms with Crippen molar-refractivity contribution in [1.29, 1.82) is 0 Å². The summed E-state index contributed by atoms with van der Waals surface area (Å²) in [4.78, 5) is 0. The van der Waals surface area contributed by atoms with Crippen molar-refractivity contribution >= 4 is 11.8 Å². The van der Waals surface area contributed by atoms with Gasteiger partial charge in [0.15, 0.2) is 0 Å². The maximum Gasteiger partial charge on any atom is 0.124 e. The minimum absolute atomic E-state index is 0.404. The molecule has 3 rings (SSSR count). The van der Waals surface area contributed by atoms with Crippen LogP contribution in [-0.4, -0.2) is 24.7 Å². The van der Waals surface area contributed by atoms with Gasteiger partial charge in [-0.25, -0.2) is 0 Å². The van der Waals surface area contributed by atoms with Crippen LogP contribution in [0.15, 0.2) is 24.3 Å². The molecule has 1 aromatic carbocycles. The highest BCUT2D eigenvalue weighted by atomic mass is 32.2. The van der Waals surface area contributed by atoms with Gasteiger partial charge in [-0.3, -0.25) is 0 Å². The number of fused-ring (bicyclic) bond motifs is 1. The fourth-order valence-corrected chi connectivity index (χ4v) is 3.67. The van der Waals surface area contributed by atoms with Crippen LogP contribution in [0.2, 0.25) is 0 Å². The Bertz CT molecular complexity index is 363. The molecule has 0 spiro atoms. The third-order valence-corrected chi connectivity index (χ3v) is 4.61. The molecule has 1 aromatic rings. The molecule has 1 N–H and O–H groups in total. The van der Waals surface area contributed by atoms with E-state index in [1.807, 2.05) is 6.07 Å². The van der Waals surface area contributed by atoms with Crippen LogP contribution >= 0.6 is 11.8 Å². The van der Waals surface area contributed by atoms with E-state index >= 15 is 0 Å². The van der Waals surface area contributed by atoms with Crippen molar-refractivity contribution in [2.45, 2.75) is 12.5 Å². The molecule has 16 heavy (non-hydrogen) atoms. The molecular weight excluding hydrogens is 218 g/mol. The summed E-state index contributed by atoms with van der Waals surface area (Å²) in [6.07, 6.45) is 1.37. The number of ether oxygens (including phenoxy) is 1. The molecule has 0 aliphatic carbocycles. The van der Waals surface area contributed by atoms with Gasteiger partial charge in [0.2, 0.25) is 0 Å². The molecule has 3 heteroatoms. The van der Waals surface area contributed by atoms with Crippen LogP contribution in [0, 0.1) is 5.92 Å². The average molecular weight is 235 g/mol. The number of hydrogen-bond donors (Lipinski definition) is 1. The van der Waals surface area contributed by atoms with Gasteiger partial charge in [-0.05, 0) is 36.5 Å². The summed E-state index contributed by atoms with van der Waals surface area (Å²) in [7, 11) is 0. The lowest BCUT2D eigenvalue weighted by atomic mass is 10.1. The second kappa shape index (κ2) is 4.68. The number of hydrogen-bond acceptors (Lipinski definition) is 3. The number of thioether (sulfide) groups is 1. The van der Waals surface area contributed by atoms with Gasteiger partial charge in [-0.15, -0.1) is 0 Å². The highest BCUT2D eigenvalue weighted by molar-refractivity contribution is 7.99. The average Bonchev–Trinajstić information content (AvgIpc) is 2.96. The fraction of sp³-hybridized carbons (Fsp3) is 0.538. The Morgan fingerprint density at radius 3 is 3.19 bits per heavy atom. The minimum Gasteiger partial charge on any atom is -0.491 e. The molecular formula is C13H17NOS. The van der Waals surface area contributed by atoms with Gasteiger partial charge >= 0.3 is 0 Å². The fourth-order valence-electron chi connectivity index (χ4n) is 2.38. The SMILES string of the molecule is c1ccc2c(c1)OCC2NCC1CCSC1. The second-order valence-corrected chi connectivity index (χ2v) is 5.69. The van der Waals surface area contributed by atoms with Crippen LogP contribution in [-0.2, 0) is 0 Å². The zero-order chi connectivity index (χ0) is 10.8. The summed E-state index contributed by atoms with van der Waals surface area (Å²) in [5.74, 6) is 4.57. The Kier molecular flexibility index (Phi) is 3.06. The first-order valence-electron chi connectivity index (χ1n) is 5.96. The quantitative estimate of drug-likeness (QED) is 0.869. The monoisotopic (exact) mass is 235 g/mol. The molecule has 86 valence electrons. The van der Waals surface area contributed by atoms with E-state index < -0.39 is 0 Å². The summed E-state index contributed by atoms with van der Waals surface area (Å²) in [5.41, 5.74) is 1.33. The largest absolute Gasteiger partial charge is 0.491 e. The van der Waals surface area contributed by atoms with Gasteiger partial charge in [0, 0.05) is 5.56 Å². The number of nitrogens with one attached hydrogen (secondary N) is 1. The number of para-hydroxylation sites is 1. The highest BCUT2D eigenvalue weighted by Crippen LogP contribution is 2.32. The molecule has 0 bridgehead atoms. The van der Waals surface area contributed by atoms with E-state index in [4.69, 9.17) is 4.74 Å². The third-order valence-electron chi connectivity index (χ3n) is 3.38. The van der Waals surface area contributed by atoms with E-state index in [0.717, 1.165) is 24.8 Å². The minimum atomic E-state index is 0.404.